The number of para-hydroxylation sites is 4. The lowest BCUT2D eigenvalue weighted by Crippen LogP contribution is -2.26. The van der Waals surface area contributed by atoms with Crippen LogP contribution in [0.2, 0.25) is 0 Å². The normalized spacial score (nSPS) is 14.7. The maximum atomic E-state index is 2.44. The first-order chi connectivity index (χ1) is 31.3. The van der Waals surface area contributed by atoms with Gasteiger partial charge >= 0.3 is 0 Å². The first kappa shape index (κ1) is 34.5. The molecule has 63 heavy (non-hydrogen) atoms. The lowest BCUT2D eigenvalue weighted by molar-refractivity contribution is 0.792. The van der Waals surface area contributed by atoms with Crippen molar-refractivity contribution < 1.29 is 0 Å². The van der Waals surface area contributed by atoms with Crippen molar-refractivity contribution in [2.24, 2.45) is 0 Å². The average molecular weight is 799 g/mol. The molecule has 0 N–H and O–H groups in total. The highest BCUT2D eigenvalue weighted by Gasteiger charge is 2.52. The summed E-state index contributed by atoms with van der Waals surface area (Å²) in [5, 5.41) is 5.11. The van der Waals surface area contributed by atoms with Gasteiger partial charge in [-0.1, -0.05) is 176 Å². The molecule has 12 aromatic rings. The molecule has 2 heterocycles. The van der Waals surface area contributed by atoms with Gasteiger partial charge in [-0.05, 0) is 121 Å². The summed E-state index contributed by atoms with van der Waals surface area (Å²) in [6, 6.07) is 85.6. The minimum Gasteiger partial charge on any atom is -0.309 e. The maximum absolute atomic E-state index is 2.44. The molecule has 2 nitrogen and oxygen atoms in total. The van der Waals surface area contributed by atoms with Gasteiger partial charge in [0.05, 0.1) is 27.5 Å². The monoisotopic (exact) mass is 798 g/mol. The molecule has 2 aliphatic rings. The third-order valence-electron chi connectivity index (χ3n) is 14.2. The van der Waals surface area contributed by atoms with Crippen LogP contribution in [0.15, 0.2) is 231 Å². The van der Waals surface area contributed by atoms with E-state index in [1.807, 2.05) is 0 Å². The number of nitrogens with zero attached hydrogens (tertiary/aromatic N) is 2. The molecule has 1 atom stereocenters. The Labute approximate surface area is 365 Å². The quantitative estimate of drug-likeness (QED) is 0.164. The number of benzene rings is 10. The zero-order valence-corrected chi connectivity index (χ0v) is 34.3. The Kier molecular flexibility index (Phi) is 7.07. The van der Waals surface area contributed by atoms with Crippen molar-refractivity contribution in [3.8, 4) is 55.9 Å². The number of hydrogen-bond acceptors (Lipinski definition) is 0. The third kappa shape index (κ3) is 4.67. The highest BCUT2D eigenvalue weighted by molar-refractivity contribution is 6.10. The zero-order valence-electron chi connectivity index (χ0n) is 34.3. The second-order valence-electron chi connectivity index (χ2n) is 17.2. The van der Waals surface area contributed by atoms with E-state index in [4.69, 9.17) is 0 Å². The van der Waals surface area contributed by atoms with Crippen molar-refractivity contribution in [2.75, 3.05) is 0 Å². The van der Waals surface area contributed by atoms with Gasteiger partial charge in [-0.15, -0.1) is 0 Å². The summed E-state index contributed by atoms with van der Waals surface area (Å²) in [6.45, 7) is 0. The molecule has 0 spiro atoms. The van der Waals surface area contributed by atoms with E-state index in [1.165, 1.54) is 122 Å². The van der Waals surface area contributed by atoms with E-state index in [0.717, 1.165) is 0 Å². The average Bonchev–Trinajstić information content (AvgIpc) is 4.07. The van der Waals surface area contributed by atoms with Crippen LogP contribution < -0.4 is 0 Å². The van der Waals surface area contributed by atoms with Gasteiger partial charge in [0, 0.05) is 32.9 Å². The molecule has 0 saturated carbocycles. The topological polar surface area (TPSA) is 9.86 Å². The van der Waals surface area contributed by atoms with Gasteiger partial charge in [0.2, 0.25) is 0 Å². The van der Waals surface area contributed by atoms with Crippen molar-refractivity contribution in [3.05, 3.63) is 253 Å². The predicted octanol–water partition coefficient (Wildman–Crippen LogP) is 15.6. The fraction of sp³-hybridized carbons (Fsp3) is 0.0164. The summed E-state index contributed by atoms with van der Waals surface area (Å²) in [5.74, 6) is 0. The minimum absolute atomic E-state index is 0.407. The molecule has 10 aromatic carbocycles. The van der Waals surface area contributed by atoms with E-state index in [1.54, 1.807) is 0 Å². The van der Waals surface area contributed by atoms with Gasteiger partial charge in [0.15, 0.2) is 0 Å². The Morgan fingerprint density at radius 1 is 0.270 bits per heavy atom. The standard InChI is InChI=1S/C61H38N2/c1-6-19-54-46(12-1)51-17-11-18-52-53-38-42(41-28-35-45(36-29-41)63-58-22-9-4-15-49(58)50-16-5-10-23-59(50)63)30-37-55(53)61(54,60(51)52)43-31-24-39(25-32-43)40-26-33-44(34-27-40)62-56-20-7-2-13-47(56)48-14-3-8-21-57(48)62/h1-38H. The largest absolute Gasteiger partial charge is 0.309 e. The van der Waals surface area contributed by atoms with Crippen molar-refractivity contribution in [1.29, 1.82) is 0 Å². The number of fused-ring (bicyclic) bond motifs is 12. The van der Waals surface area contributed by atoms with Crippen LogP contribution in [0.25, 0.3) is 99.5 Å². The van der Waals surface area contributed by atoms with Crippen molar-refractivity contribution in [1.82, 2.24) is 9.13 Å². The molecule has 2 heteroatoms. The third-order valence-corrected chi connectivity index (χ3v) is 14.2. The zero-order chi connectivity index (χ0) is 41.2. The van der Waals surface area contributed by atoms with Crippen LogP contribution in [-0.4, -0.2) is 9.13 Å². The molecule has 1 unspecified atom stereocenters. The molecule has 2 aromatic heterocycles. The van der Waals surface area contributed by atoms with Gasteiger partial charge in [0.1, 0.15) is 0 Å². The molecular formula is C61H38N2. The molecule has 0 radical (unpaired) electrons. The molecule has 0 bridgehead atoms. The Balaban J connectivity index is 0.858. The van der Waals surface area contributed by atoms with Gasteiger partial charge in [-0.3, -0.25) is 0 Å². The Morgan fingerprint density at radius 3 is 1.17 bits per heavy atom. The Morgan fingerprint density at radius 2 is 0.651 bits per heavy atom. The summed E-state index contributed by atoms with van der Waals surface area (Å²) in [4.78, 5) is 0. The summed E-state index contributed by atoms with van der Waals surface area (Å²) in [7, 11) is 0. The smallest absolute Gasteiger partial charge is 0.0725 e. The van der Waals surface area contributed by atoms with Gasteiger partial charge < -0.3 is 9.13 Å². The van der Waals surface area contributed by atoms with E-state index >= 15 is 0 Å². The first-order valence-corrected chi connectivity index (χ1v) is 21.9. The molecule has 0 amide bonds. The molecule has 292 valence electrons. The summed E-state index contributed by atoms with van der Waals surface area (Å²) < 4.78 is 4.77. The minimum atomic E-state index is -0.407. The van der Waals surface area contributed by atoms with Crippen LogP contribution in [-0.2, 0) is 5.41 Å². The summed E-state index contributed by atoms with van der Waals surface area (Å²) in [6.07, 6.45) is 0. The Bertz CT molecular complexity index is 3720. The Hall–Kier alpha value is -8.20. The fourth-order valence-electron chi connectivity index (χ4n) is 11.5. The van der Waals surface area contributed by atoms with Crippen molar-refractivity contribution in [2.45, 2.75) is 5.41 Å². The second-order valence-corrected chi connectivity index (χ2v) is 17.2. The molecule has 2 aliphatic carbocycles. The van der Waals surface area contributed by atoms with Gasteiger partial charge in [0.25, 0.3) is 0 Å². The molecule has 0 fully saturated rings. The van der Waals surface area contributed by atoms with Crippen molar-refractivity contribution >= 4 is 43.6 Å². The van der Waals surface area contributed by atoms with Crippen LogP contribution in [0.1, 0.15) is 22.3 Å². The molecule has 14 rings (SSSR count). The van der Waals surface area contributed by atoms with Crippen molar-refractivity contribution in [3.63, 3.8) is 0 Å². The highest BCUT2D eigenvalue weighted by atomic mass is 15.0. The van der Waals surface area contributed by atoms with Crippen LogP contribution in [0.4, 0.5) is 0 Å². The summed E-state index contributed by atoms with van der Waals surface area (Å²) >= 11 is 0. The lowest BCUT2D eigenvalue weighted by Gasteiger charge is -2.31. The first-order valence-electron chi connectivity index (χ1n) is 21.9. The maximum Gasteiger partial charge on any atom is 0.0725 e. The van der Waals surface area contributed by atoms with Gasteiger partial charge in [-0.2, -0.15) is 0 Å². The van der Waals surface area contributed by atoms with E-state index < -0.39 is 5.41 Å². The molecule has 0 saturated heterocycles. The van der Waals surface area contributed by atoms with Crippen LogP contribution >= 0.6 is 0 Å². The number of aromatic nitrogens is 2. The van der Waals surface area contributed by atoms with E-state index in [9.17, 15) is 0 Å². The lowest BCUT2D eigenvalue weighted by atomic mass is 9.70. The van der Waals surface area contributed by atoms with E-state index in [0.29, 0.717) is 0 Å². The van der Waals surface area contributed by atoms with E-state index in [2.05, 4.69) is 240 Å². The number of rotatable bonds is 5. The molecule has 0 aliphatic heterocycles. The SMILES string of the molecule is c1ccc2c(c1)-c1cccc3c1C2(c1ccc(-c2ccc(-n4c5ccccc5c5ccccc54)cc2)cc1)c1ccc(-c2ccc(-n4c5ccccc5c5ccccc54)cc2)cc1-3. The number of hydrogen-bond donors (Lipinski definition) is 0. The van der Waals surface area contributed by atoms with E-state index in [-0.39, 0.29) is 0 Å². The van der Waals surface area contributed by atoms with Crippen LogP contribution in [0.5, 0.6) is 0 Å². The van der Waals surface area contributed by atoms with Gasteiger partial charge in [-0.25, -0.2) is 0 Å². The van der Waals surface area contributed by atoms with Crippen LogP contribution in [0, 0.1) is 0 Å². The molecular weight excluding hydrogens is 761 g/mol. The highest BCUT2D eigenvalue weighted by Crippen LogP contribution is 2.64. The fourth-order valence-corrected chi connectivity index (χ4v) is 11.5. The van der Waals surface area contributed by atoms with Crippen LogP contribution in [0.3, 0.4) is 0 Å². The second kappa shape index (κ2) is 12.9. The predicted molar refractivity (Wildman–Crippen MR) is 262 cm³/mol. The summed E-state index contributed by atoms with van der Waals surface area (Å²) in [5.41, 5.74) is 22.4.